The van der Waals surface area contributed by atoms with Crippen molar-refractivity contribution in [2.24, 2.45) is 0 Å². The monoisotopic (exact) mass is 551 g/mol. The maximum atomic E-state index is 14.0. The molecule has 0 heterocycles. The van der Waals surface area contributed by atoms with Gasteiger partial charge in [-0.1, -0.05) is 54.6 Å². The Morgan fingerprint density at radius 3 is 2.10 bits per heavy atom. The van der Waals surface area contributed by atoms with Crippen molar-refractivity contribution in [1.29, 1.82) is 0 Å². The summed E-state index contributed by atoms with van der Waals surface area (Å²) >= 11 is 0. The van der Waals surface area contributed by atoms with Gasteiger partial charge in [0, 0.05) is 19.0 Å². The lowest BCUT2D eigenvalue weighted by Crippen LogP contribution is -2.54. The van der Waals surface area contributed by atoms with Gasteiger partial charge in [0.2, 0.25) is 21.8 Å². The zero-order valence-electron chi connectivity index (χ0n) is 23.1. The standard InChI is InChI=1S/C30H37N3O5S/c1-22(2)31-30(35)28(19-24-12-7-6-8-13-24)32(20-25-14-10-9-11-23(25)3)29(34)21-33(39(5,36)37)26-15-17-27(38-4)18-16-26/h6-18,22,28H,19-21H2,1-5H3,(H,31,35)/t28-/m0/s1. The molecule has 2 amide bonds. The first kappa shape index (κ1) is 29.7. The van der Waals surface area contributed by atoms with Crippen LogP contribution in [0, 0.1) is 6.92 Å². The number of benzene rings is 3. The van der Waals surface area contributed by atoms with Crippen LogP contribution < -0.4 is 14.4 Å². The molecule has 0 radical (unpaired) electrons. The van der Waals surface area contributed by atoms with Crippen LogP contribution in [0.5, 0.6) is 5.75 Å². The van der Waals surface area contributed by atoms with Crippen molar-refractivity contribution in [3.05, 3.63) is 95.6 Å². The third kappa shape index (κ3) is 8.32. The highest BCUT2D eigenvalue weighted by molar-refractivity contribution is 7.92. The van der Waals surface area contributed by atoms with Gasteiger partial charge in [-0.2, -0.15) is 0 Å². The second-order valence-corrected chi connectivity index (χ2v) is 11.7. The van der Waals surface area contributed by atoms with Crippen molar-refractivity contribution < 1.29 is 22.7 Å². The van der Waals surface area contributed by atoms with Crippen LogP contribution in [-0.2, 0) is 32.6 Å². The van der Waals surface area contributed by atoms with Crippen molar-refractivity contribution in [1.82, 2.24) is 10.2 Å². The molecule has 39 heavy (non-hydrogen) atoms. The van der Waals surface area contributed by atoms with E-state index in [0.717, 1.165) is 27.3 Å². The predicted octanol–water partition coefficient (Wildman–Crippen LogP) is 3.93. The van der Waals surface area contributed by atoms with Gasteiger partial charge in [0.15, 0.2) is 0 Å². The minimum absolute atomic E-state index is 0.141. The van der Waals surface area contributed by atoms with Crippen LogP contribution in [0.3, 0.4) is 0 Å². The number of nitrogens with zero attached hydrogens (tertiary/aromatic N) is 2. The lowest BCUT2D eigenvalue weighted by Gasteiger charge is -2.34. The van der Waals surface area contributed by atoms with E-state index >= 15 is 0 Å². The second kappa shape index (κ2) is 13.3. The summed E-state index contributed by atoms with van der Waals surface area (Å²) in [6.45, 7) is 5.35. The van der Waals surface area contributed by atoms with Gasteiger partial charge < -0.3 is 15.0 Å². The molecule has 3 aromatic carbocycles. The molecule has 208 valence electrons. The van der Waals surface area contributed by atoms with Crippen LogP contribution in [0.2, 0.25) is 0 Å². The number of hydrogen-bond acceptors (Lipinski definition) is 5. The third-order valence-corrected chi connectivity index (χ3v) is 7.48. The SMILES string of the molecule is COc1ccc(N(CC(=O)N(Cc2ccccc2C)[C@@H](Cc2ccccc2)C(=O)NC(C)C)S(C)(=O)=O)cc1. The Labute approximate surface area is 231 Å². The first-order chi connectivity index (χ1) is 18.5. The van der Waals surface area contributed by atoms with E-state index in [1.54, 1.807) is 24.3 Å². The quantitative estimate of drug-likeness (QED) is 0.368. The molecule has 3 rings (SSSR count). The van der Waals surface area contributed by atoms with Gasteiger partial charge in [-0.15, -0.1) is 0 Å². The first-order valence-electron chi connectivity index (χ1n) is 12.8. The van der Waals surface area contributed by atoms with E-state index in [0.29, 0.717) is 11.4 Å². The van der Waals surface area contributed by atoms with Crippen molar-refractivity contribution in [2.45, 2.75) is 45.8 Å². The maximum absolute atomic E-state index is 14.0. The Bertz CT molecular complexity index is 1360. The Balaban J connectivity index is 2.05. The van der Waals surface area contributed by atoms with Crippen LogP contribution in [0.25, 0.3) is 0 Å². The van der Waals surface area contributed by atoms with E-state index in [4.69, 9.17) is 4.74 Å². The summed E-state index contributed by atoms with van der Waals surface area (Å²) in [6.07, 6.45) is 1.33. The van der Waals surface area contributed by atoms with E-state index in [1.807, 2.05) is 75.4 Å². The fourth-order valence-electron chi connectivity index (χ4n) is 4.27. The van der Waals surface area contributed by atoms with E-state index < -0.39 is 28.5 Å². The summed E-state index contributed by atoms with van der Waals surface area (Å²) in [5.41, 5.74) is 3.05. The molecule has 8 nitrogen and oxygen atoms in total. The van der Waals surface area contributed by atoms with E-state index in [-0.39, 0.29) is 24.9 Å². The van der Waals surface area contributed by atoms with Gasteiger partial charge in [0.1, 0.15) is 18.3 Å². The predicted molar refractivity (Wildman–Crippen MR) is 154 cm³/mol. The molecule has 9 heteroatoms. The van der Waals surface area contributed by atoms with Gasteiger partial charge in [0.25, 0.3) is 0 Å². The van der Waals surface area contributed by atoms with Crippen LogP contribution in [-0.4, -0.2) is 57.1 Å². The molecule has 0 spiro atoms. The Morgan fingerprint density at radius 1 is 0.923 bits per heavy atom. The number of hydrogen-bond donors (Lipinski definition) is 1. The highest BCUT2D eigenvalue weighted by Gasteiger charge is 2.33. The minimum Gasteiger partial charge on any atom is -0.497 e. The highest BCUT2D eigenvalue weighted by Crippen LogP contribution is 2.23. The molecule has 1 N–H and O–H groups in total. The number of carbonyl (C=O) groups is 2. The lowest BCUT2D eigenvalue weighted by atomic mass is 10.0. The van der Waals surface area contributed by atoms with E-state index in [2.05, 4.69) is 5.32 Å². The number of rotatable bonds is 12. The molecule has 3 aromatic rings. The normalized spacial score (nSPS) is 12.1. The molecule has 0 aromatic heterocycles. The van der Waals surface area contributed by atoms with Crippen LogP contribution >= 0.6 is 0 Å². The average Bonchev–Trinajstić information content (AvgIpc) is 2.89. The second-order valence-electron chi connectivity index (χ2n) is 9.78. The van der Waals surface area contributed by atoms with Crippen molar-refractivity contribution >= 4 is 27.5 Å². The maximum Gasteiger partial charge on any atom is 0.244 e. The zero-order chi connectivity index (χ0) is 28.6. The summed E-state index contributed by atoms with van der Waals surface area (Å²) in [6, 6.07) is 22.6. The molecule has 0 saturated carbocycles. The van der Waals surface area contributed by atoms with Crippen molar-refractivity contribution in [3.8, 4) is 5.75 Å². The van der Waals surface area contributed by atoms with Crippen LogP contribution in [0.15, 0.2) is 78.9 Å². The summed E-state index contributed by atoms with van der Waals surface area (Å²) in [4.78, 5) is 29.1. The summed E-state index contributed by atoms with van der Waals surface area (Å²) in [7, 11) is -2.31. The van der Waals surface area contributed by atoms with Crippen LogP contribution in [0.1, 0.15) is 30.5 Å². The molecule has 0 saturated heterocycles. The Hall–Kier alpha value is -3.85. The molecule has 1 atom stereocenters. The molecule has 0 aliphatic rings. The van der Waals surface area contributed by atoms with Crippen molar-refractivity contribution in [2.75, 3.05) is 24.2 Å². The molecule has 0 aliphatic carbocycles. The molecule has 0 unspecified atom stereocenters. The smallest absolute Gasteiger partial charge is 0.244 e. The van der Waals surface area contributed by atoms with Crippen molar-refractivity contribution in [3.63, 3.8) is 0 Å². The zero-order valence-corrected chi connectivity index (χ0v) is 23.9. The largest absolute Gasteiger partial charge is 0.497 e. The number of nitrogens with one attached hydrogen (secondary N) is 1. The summed E-state index contributed by atoms with van der Waals surface area (Å²) in [5, 5.41) is 2.95. The number of sulfonamides is 1. The van der Waals surface area contributed by atoms with Gasteiger partial charge >= 0.3 is 0 Å². The van der Waals surface area contributed by atoms with E-state index in [9.17, 15) is 18.0 Å². The molecule has 0 bridgehead atoms. The first-order valence-corrected chi connectivity index (χ1v) is 14.6. The average molecular weight is 552 g/mol. The summed E-state index contributed by atoms with van der Waals surface area (Å²) < 4.78 is 31.9. The molecular formula is C30H37N3O5S. The molecule has 0 fully saturated rings. The fourth-order valence-corrected chi connectivity index (χ4v) is 5.12. The topological polar surface area (TPSA) is 96.0 Å². The van der Waals surface area contributed by atoms with Gasteiger partial charge in [0.05, 0.1) is 19.1 Å². The third-order valence-electron chi connectivity index (χ3n) is 6.34. The Morgan fingerprint density at radius 2 is 1.54 bits per heavy atom. The van der Waals surface area contributed by atoms with Gasteiger partial charge in [-0.3, -0.25) is 13.9 Å². The minimum atomic E-state index is -3.83. The van der Waals surface area contributed by atoms with Gasteiger partial charge in [-0.25, -0.2) is 8.42 Å². The number of carbonyl (C=O) groups excluding carboxylic acids is 2. The van der Waals surface area contributed by atoms with Crippen LogP contribution in [0.4, 0.5) is 5.69 Å². The fraction of sp³-hybridized carbons (Fsp3) is 0.333. The number of aryl methyl sites for hydroxylation is 1. The number of methoxy groups -OCH3 is 1. The lowest BCUT2D eigenvalue weighted by molar-refractivity contribution is -0.140. The van der Waals surface area contributed by atoms with E-state index in [1.165, 1.54) is 12.0 Å². The number of ether oxygens (including phenoxy) is 1. The summed E-state index contributed by atoms with van der Waals surface area (Å²) in [5.74, 6) is -0.224. The Kier molecular flexibility index (Phi) is 10.1. The molecular weight excluding hydrogens is 514 g/mol. The highest BCUT2D eigenvalue weighted by atomic mass is 32.2. The number of anilines is 1. The molecule has 0 aliphatic heterocycles. The number of amides is 2. The van der Waals surface area contributed by atoms with Gasteiger partial charge in [-0.05, 0) is 61.7 Å².